The van der Waals surface area contributed by atoms with Crippen LogP contribution < -0.4 is 11.1 Å². The molecule has 0 radical (unpaired) electrons. The van der Waals surface area contributed by atoms with E-state index in [1.165, 1.54) is 57.8 Å². The molecule has 0 saturated heterocycles. The van der Waals surface area contributed by atoms with Gasteiger partial charge < -0.3 is 11.1 Å². The lowest BCUT2D eigenvalue weighted by Gasteiger charge is -2.18. The maximum atomic E-state index is 12.4. The number of ketones is 2. The second-order valence-corrected chi connectivity index (χ2v) is 16.2. The minimum absolute atomic E-state index is 0. The lowest BCUT2D eigenvalue weighted by Crippen LogP contribution is -2.31. The average Bonchev–Trinajstić information content (AvgIpc) is 3.54. The number of primary amides is 1. The van der Waals surface area contributed by atoms with Crippen LogP contribution in [0.3, 0.4) is 0 Å². The third kappa shape index (κ3) is 23.0. The van der Waals surface area contributed by atoms with Gasteiger partial charge in [0.1, 0.15) is 23.9 Å². The molecule has 0 spiro atoms. The first-order valence-electron chi connectivity index (χ1n) is 18.6. The van der Waals surface area contributed by atoms with Crippen LogP contribution in [-0.4, -0.2) is 62.1 Å². The molecule has 0 unspecified atom stereocenters. The molecule has 2 atom stereocenters. The Morgan fingerprint density at radius 2 is 1.38 bits per heavy atom. The van der Waals surface area contributed by atoms with Gasteiger partial charge in [0, 0.05) is 39.1 Å². The molecule has 0 fully saturated rings. The van der Waals surface area contributed by atoms with Crippen molar-refractivity contribution >= 4 is 38.9 Å². The van der Waals surface area contributed by atoms with E-state index in [1.54, 1.807) is 0 Å². The zero-order valence-corrected chi connectivity index (χ0v) is 31.0. The Bertz CT molecular complexity index is 1130. The van der Waals surface area contributed by atoms with Gasteiger partial charge in [0.25, 0.3) is 0 Å². The normalized spacial score (nSPS) is 14.2. The second kappa shape index (κ2) is 26.4. The van der Waals surface area contributed by atoms with Gasteiger partial charge in [-0.1, -0.05) is 97.8 Å². The Labute approximate surface area is 291 Å². The number of unbranched alkanes of at least 4 members (excludes halogenated alkanes) is 13. The van der Waals surface area contributed by atoms with Gasteiger partial charge in [-0.25, -0.2) is 8.42 Å². The van der Waals surface area contributed by atoms with Crippen LogP contribution in [0.25, 0.3) is 0 Å². The van der Waals surface area contributed by atoms with Crippen LogP contribution in [0.2, 0.25) is 0 Å². The van der Waals surface area contributed by atoms with Crippen molar-refractivity contribution in [1.82, 2.24) is 5.32 Å². The van der Waals surface area contributed by atoms with Crippen molar-refractivity contribution in [3.63, 3.8) is 0 Å². The molecule has 0 aromatic carbocycles. The second-order valence-electron chi connectivity index (χ2n) is 14.1. The number of hydrogen-bond donors (Lipinski definition) is 2. The SMILES string of the molecule is CC(C)[C@H](CC(=O)[C@@H](C)CCCCNC(=O)CCCS(=O)(=O)CC(=O)CCCCCCCCCCCCCCCC1=NN=NC1)C(N)=O.[HH]. The van der Waals surface area contributed by atoms with Crippen LogP contribution in [0.1, 0.15) is 157 Å². The maximum Gasteiger partial charge on any atom is 0.221 e. The largest absolute Gasteiger partial charge is 0.369 e. The number of carbonyl (C=O) groups is 4. The summed E-state index contributed by atoms with van der Waals surface area (Å²) in [6, 6.07) is 0. The van der Waals surface area contributed by atoms with Crippen LogP contribution in [0.4, 0.5) is 0 Å². The van der Waals surface area contributed by atoms with Gasteiger partial charge in [0.15, 0.2) is 9.84 Å². The predicted molar refractivity (Wildman–Crippen MR) is 195 cm³/mol. The van der Waals surface area contributed by atoms with Crippen LogP contribution in [0, 0.1) is 17.8 Å². The first kappa shape index (κ1) is 43.5. The van der Waals surface area contributed by atoms with Gasteiger partial charge in [-0.15, -0.1) is 5.10 Å². The van der Waals surface area contributed by atoms with Crippen molar-refractivity contribution in [2.24, 2.45) is 38.9 Å². The molecule has 0 aromatic rings. The predicted octanol–water partition coefficient (Wildman–Crippen LogP) is 7.31. The summed E-state index contributed by atoms with van der Waals surface area (Å²) >= 11 is 0. The Morgan fingerprint density at radius 3 is 1.92 bits per heavy atom. The Hall–Kier alpha value is -2.50. The third-order valence-corrected chi connectivity index (χ3v) is 10.9. The molecule has 48 heavy (non-hydrogen) atoms. The van der Waals surface area contributed by atoms with Gasteiger partial charge in [0.2, 0.25) is 11.8 Å². The summed E-state index contributed by atoms with van der Waals surface area (Å²) in [5.74, 6) is -2.08. The number of sulfone groups is 1. The smallest absolute Gasteiger partial charge is 0.221 e. The van der Waals surface area contributed by atoms with Crippen LogP contribution >= 0.6 is 0 Å². The van der Waals surface area contributed by atoms with Gasteiger partial charge in [-0.3, -0.25) is 19.2 Å². The molecule has 278 valence electrons. The van der Waals surface area contributed by atoms with Gasteiger partial charge in [0.05, 0.1) is 11.5 Å². The average molecular weight is 698 g/mol. The quantitative estimate of drug-likeness (QED) is 0.0696. The molecule has 12 heteroatoms. The lowest BCUT2D eigenvalue weighted by molar-refractivity contribution is -0.130. The molecule has 0 aliphatic carbocycles. The van der Waals surface area contributed by atoms with E-state index in [-0.39, 0.29) is 55.8 Å². The van der Waals surface area contributed by atoms with E-state index >= 15 is 0 Å². The molecule has 0 bridgehead atoms. The molecule has 1 rings (SSSR count). The fourth-order valence-corrected chi connectivity index (χ4v) is 7.31. The summed E-state index contributed by atoms with van der Waals surface area (Å²) in [6.45, 7) is 6.75. The van der Waals surface area contributed by atoms with Gasteiger partial charge >= 0.3 is 0 Å². The van der Waals surface area contributed by atoms with Gasteiger partial charge in [-0.05, 0) is 49.7 Å². The number of rotatable bonds is 32. The summed E-state index contributed by atoms with van der Waals surface area (Å²) in [4.78, 5) is 48.3. The minimum atomic E-state index is -3.52. The number of hydrogen-bond acceptors (Lipinski definition) is 9. The number of Topliss-reactive ketones (excluding diaryl/α,β-unsaturated/α-hetero) is 2. The van der Waals surface area contributed by atoms with Crippen molar-refractivity contribution in [2.45, 2.75) is 156 Å². The number of nitrogens with one attached hydrogen (secondary N) is 1. The summed E-state index contributed by atoms with van der Waals surface area (Å²) in [7, 11) is -3.52. The molecule has 1 aliphatic rings. The molecule has 1 heterocycles. The standard InChI is InChI=1S/C36H65N5O6S.H2/c1-29(2)33(36(37)45)26-34(43)30(3)20-17-18-24-38-35(44)23-19-25-48(46,47)28-32(42)22-16-14-12-10-8-6-4-5-7-9-11-13-15-21-31-27-39-41-40-31;/h29-30,33H,4-28H2,1-3H3,(H2,37,45)(H,38,44);1H/t30-,33-;/m0./s1. The zero-order chi connectivity index (χ0) is 35.6. The Kier molecular flexibility index (Phi) is 23.9. The summed E-state index contributed by atoms with van der Waals surface area (Å²) in [6.07, 6.45) is 19.2. The van der Waals surface area contributed by atoms with E-state index in [0.717, 1.165) is 44.2 Å². The number of amides is 2. The molecular weight excluding hydrogens is 630 g/mol. The highest BCUT2D eigenvalue weighted by Crippen LogP contribution is 2.20. The lowest BCUT2D eigenvalue weighted by atomic mass is 9.86. The van der Waals surface area contributed by atoms with Crippen molar-refractivity contribution in [1.29, 1.82) is 0 Å². The fourth-order valence-electron chi connectivity index (χ4n) is 5.94. The highest BCUT2D eigenvalue weighted by molar-refractivity contribution is 7.92. The molecule has 2 amide bonds. The summed E-state index contributed by atoms with van der Waals surface area (Å²) in [5, 5.41) is 14.3. The number of carbonyl (C=O) groups excluding carboxylic acids is 4. The van der Waals surface area contributed by atoms with Crippen LogP contribution in [0.15, 0.2) is 15.4 Å². The zero-order valence-electron chi connectivity index (χ0n) is 30.2. The van der Waals surface area contributed by atoms with E-state index < -0.39 is 27.4 Å². The van der Waals surface area contributed by atoms with E-state index in [2.05, 4.69) is 20.8 Å². The van der Waals surface area contributed by atoms with E-state index in [0.29, 0.717) is 32.4 Å². The third-order valence-electron chi connectivity index (χ3n) is 9.19. The van der Waals surface area contributed by atoms with Crippen molar-refractivity contribution in [2.75, 3.05) is 24.6 Å². The van der Waals surface area contributed by atoms with Crippen molar-refractivity contribution in [3.8, 4) is 0 Å². The van der Waals surface area contributed by atoms with Crippen molar-refractivity contribution in [3.05, 3.63) is 0 Å². The molecule has 11 nitrogen and oxygen atoms in total. The molecule has 1 aliphatic heterocycles. The van der Waals surface area contributed by atoms with E-state index in [4.69, 9.17) is 5.73 Å². The maximum absolute atomic E-state index is 12.4. The highest BCUT2D eigenvalue weighted by Gasteiger charge is 2.25. The monoisotopic (exact) mass is 697 g/mol. The first-order chi connectivity index (χ1) is 22.9. The van der Waals surface area contributed by atoms with Crippen LogP contribution in [0.5, 0.6) is 0 Å². The van der Waals surface area contributed by atoms with Crippen LogP contribution in [-0.2, 0) is 29.0 Å². The number of nitrogens with two attached hydrogens (primary N) is 1. The molecule has 3 N–H and O–H groups in total. The first-order valence-corrected chi connectivity index (χ1v) is 20.5. The summed E-state index contributed by atoms with van der Waals surface area (Å²) in [5.41, 5.74) is 6.53. The molecular formula is C36H67N5O6S. The molecule has 0 saturated carbocycles. The number of nitrogens with zero attached hydrogens (tertiary/aromatic N) is 3. The molecule has 0 aromatic heterocycles. The summed E-state index contributed by atoms with van der Waals surface area (Å²) < 4.78 is 24.7. The van der Waals surface area contributed by atoms with Crippen molar-refractivity contribution < 1.29 is 29.0 Å². The topological polar surface area (TPSA) is 178 Å². The van der Waals surface area contributed by atoms with E-state index in [9.17, 15) is 27.6 Å². The Morgan fingerprint density at radius 1 is 0.792 bits per heavy atom. The minimum Gasteiger partial charge on any atom is -0.369 e. The Balaban J connectivity index is 0.0000230. The van der Waals surface area contributed by atoms with E-state index in [1.807, 2.05) is 20.8 Å². The highest BCUT2D eigenvalue weighted by atomic mass is 32.2. The fraction of sp³-hybridized carbons (Fsp3) is 0.861. The van der Waals surface area contributed by atoms with Gasteiger partial charge in [-0.2, -0.15) is 5.11 Å².